The van der Waals surface area contributed by atoms with Crippen molar-refractivity contribution in [3.8, 4) is 27.9 Å². The van der Waals surface area contributed by atoms with Gasteiger partial charge in [-0.05, 0) is 107 Å². The van der Waals surface area contributed by atoms with Gasteiger partial charge >= 0.3 is 0 Å². The number of pyridine rings is 1. The Morgan fingerprint density at radius 3 is 2.15 bits per heavy atom. The molecular weight excluding hydrogens is 581 g/mol. The number of fused-ring (bicyclic) bond motifs is 8. The van der Waals surface area contributed by atoms with Crippen LogP contribution in [0.2, 0.25) is 0 Å². The molecule has 11 rings (SSSR count). The normalized spacial score (nSPS) is 13.8. The van der Waals surface area contributed by atoms with Crippen LogP contribution in [0.15, 0.2) is 146 Å². The Kier molecular flexibility index (Phi) is 4.94. The topological polar surface area (TPSA) is 17.8 Å². The molecule has 0 radical (unpaired) electrons. The fraction of sp³-hybridized carbons (Fsp3) is 0.0652. The average molecular weight is 611 g/mol. The Morgan fingerprint density at radius 2 is 1.21 bits per heavy atom. The monoisotopic (exact) mass is 610 g/mol. The Bertz CT molecular complexity index is 2980. The summed E-state index contributed by atoms with van der Waals surface area (Å²) in [7, 11) is 0. The molecule has 224 valence electrons. The largest absolute Gasteiger partial charge is 0.308 e. The van der Waals surface area contributed by atoms with Crippen LogP contribution >= 0.6 is 0 Å². The summed E-state index contributed by atoms with van der Waals surface area (Å²) in [5, 5.41) is 12.8. The van der Waals surface area contributed by atoms with Crippen LogP contribution < -0.4 is 0 Å². The van der Waals surface area contributed by atoms with Crippen LogP contribution in [0.25, 0.3) is 92.8 Å². The molecule has 0 spiro atoms. The molecule has 0 fully saturated rings. The molecule has 48 heavy (non-hydrogen) atoms. The van der Waals surface area contributed by atoms with E-state index in [9.17, 15) is 0 Å². The van der Waals surface area contributed by atoms with Crippen molar-refractivity contribution in [2.24, 2.45) is 0 Å². The van der Waals surface area contributed by atoms with Crippen molar-refractivity contribution >= 4 is 64.9 Å². The second kappa shape index (κ2) is 9.08. The highest BCUT2D eigenvalue weighted by molar-refractivity contribution is 6.34. The van der Waals surface area contributed by atoms with Gasteiger partial charge in [0.15, 0.2) is 0 Å². The average Bonchev–Trinajstić information content (AvgIpc) is 3.58. The van der Waals surface area contributed by atoms with E-state index in [0.717, 1.165) is 5.52 Å². The van der Waals surface area contributed by atoms with Gasteiger partial charge in [0.1, 0.15) is 0 Å². The zero-order valence-corrected chi connectivity index (χ0v) is 26.8. The highest BCUT2D eigenvalue weighted by Crippen LogP contribution is 2.50. The Hall–Kier alpha value is -5.99. The lowest BCUT2D eigenvalue weighted by Crippen LogP contribution is -2.15. The molecule has 0 bridgehead atoms. The summed E-state index contributed by atoms with van der Waals surface area (Å²) in [6.07, 6.45) is 3.97. The van der Waals surface area contributed by atoms with Crippen molar-refractivity contribution in [3.05, 3.63) is 157 Å². The molecule has 2 nitrogen and oxygen atoms in total. The molecule has 0 aliphatic heterocycles. The van der Waals surface area contributed by atoms with Crippen LogP contribution in [0.4, 0.5) is 0 Å². The van der Waals surface area contributed by atoms with Gasteiger partial charge in [-0.2, -0.15) is 0 Å². The molecule has 0 unspecified atom stereocenters. The van der Waals surface area contributed by atoms with Crippen LogP contribution in [-0.2, 0) is 5.41 Å². The molecule has 1 aliphatic rings. The number of hydrogen-bond donors (Lipinski definition) is 0. The van der Waals surface area contributed by atoms with E-state index in [4.69, 9.17) is 0 Å². The zero-order chi connectivity index (χ0) is 31.7. The Balaban J connectivity index is 1.20. The minimum atomic E-state index is -0.0710. The lowest BCUT2D eigenvalue weighted by atomic mass is 9.82. The van der Waals surface area contributed by atoms with E-state index in [0.29, 0.717) is 0 Å². The molecule has 0 saturated carbocycles. The van der Waals surface area contributed by atoms with Crippen LogP contribution in [0, 0.1) is 0 Å². The van der Waals surface area contributed by atoms with Gasteiger partial charge in [0, 0.05) is 28.1 Å². The highest BCUT2D eigenvalue weighted by Gasteiger charge is 2.35. The van der Waals surface area contributed by atoms with Crippen molar-refractivity contribution in [2.75, 3.05) is 0 Å². The number of hydrogen-bond acceptors (Lipinski definition) is 1. The number of aromatic nitrogens is 2. The maximum atomic E-state index is 4.64. The van der Waals surface area contributed by atoms with Gasteiger partial charge in [0.25, 0.3) is 0 Å². The standard InChI is InChI=1S/C46H30N2/c1-46(2)39-10-6-5-9-34(39)35-20-16-32(25-40(35)46)48-41-24-31-15-18-36-33(30-12-11-27-7-3-4-8-29(27)23-30)17-13-28-14-19-38(44(31)43(28)36)45(41)37-21-22-47-26-42(37)48/h3-26H,1-2H3. The third kappa shape index (κ3) is 3.29. The molecule has 2 heterocycles. The Morgan fingerprint density at radius 1 is 0.479 bits per heavy atom. The molecule has 2 heteroatoms. The molecule has 0 amide bonds. The quantitative estimate of drug-likeness (QED) is 0.178. The van der Waals surface area contributed by atoms with E-state index in [1.807, 2.05) is 12.4 Å². The molecule has 0 N–H and O–H groups in total. The van der Waals surface area contributed by atoms with E-state index < -0.39 is 0 Å². The number of benzene rings is 8. The van der Waals surface area contributed by atoms with E-state index in [2.05, 4.69) is 157 Å². The van der Waals surface area contributed by atoms with Gasteiger partial charge in [-0.3, -0.25) is 4.98 Å². The maximum Gasteiger partial charge on any atom is 0.0724 e. The number of rotatable bonds is 2. The minimum absolute atomic E-state index is 0.0710. The lowest BCUT2D eigenvalue weighted by Gasteiger charge is -2.22. The van der Waals surface area contributed by atoms with Gasteiger partial charge in [-0.15, -0.1) is 0 Å². The molecular formula is C46H30N2. The van der Waals surface area contributed by atoms with Gasteiger partial charge in [-0.25, -0.2) is 0 Å². The van der Waals surface area contributed by atoms with E-state index in [1.165, 1.54) is 98.4 Å². The third-order valence-electron chi connectivity index (χ3n) is 11.2. The van der Waals surface area contributed by atoms with Crippen molar-refractivity contribution in [3.63, 3.8) is 0 Å². The third-order valence-corrected chi connectivity index (χ3v) is 11.2. The van der Waals surface area contributed by atoms with Crippen LogP contribution in [0.1, 0.15) is 25.0 Å². The summed E-state index contributed by atoms with van der Waals surface area (Å²) < 4.78 is 2.44. The van der Waals surface area contributed by atoms with Crippen molar-refractivity contribution in [1.82, 2.24) is 9.55 Å². The first-order valence-corrected chi connectivity index (χ1v) is 16.8. The van der Waals surface area contributed by atoms with Gasteiger partial charge < -0.3 is 4.57 Å². The molecule has 0 saturated heterocycles. The van der Waals surface area contributed by atoms with Gasteiger partial charge in [0.2, 0.25) is 0 Å². The fourth-order valence-electron chi connectivity index (χ4n) is 8.94. The molecule has 1 aliphatic carbocycles. The van der Waals surface area contributed by atoms with E-state index >= 15 is 0 Å². The summed E-state index contributed by atoms with van der Waals surface area (Å²) in [5.74, 6) is 0. The van der Waals surface area contributed by atoms with Crippen LogP contribution in [-0.4, -0.2) is 9.55 Å². The summed E-state index contributed by atoms with van der Waals surface area (Å²) >= 11 is 0. The lowest BCUT2D eigenvalue weighted by molar-refractivity contribution is 0.660. The van der Waals surface area contributed by atoms with Crippen LogP contribution in [0.3, 0.4) is 0 Å². The first-order chi connectivity index (χ1) is 23.6. The smallest absolute Gasteiger partial charge is 0.0724 e. The molecule has 8 aromatic carbocycles. The maximum absolute atomic E-state index is 4.64. The van der Waals surface area contributed by atoms with Crippen molar-refractivity contribution in [2.45, 2.75) is 19.3 Å². The zero-order valence-electron chi connectivity index (χ0n) is 26.8. The molecule has 2 aromatic heterocycles. The first kappa shape index (κ1) is 26.1. The first-order valence-electron chi connectivity index (χ1n) is 16.8. The van der Waals surface area contributed by atoms with Crippen molar-refractivity contribution in [1.29, 1.82) is 0 Å². The number of nitrogens with zero attached hydrogens (tertiary/aromatic N) is 2. The fourth-order valence-corrected chi connectivity index (χ4v) is 8.94. The SMILES string of the molecule is CC1(C)c2ccccc2-c2ccc(-n3c4cnccc4c4c5ccc6ccc(-c7ccc8ccccc8c7)c7ccc(cc43)c5c67)cc21. The highest BCUT2D eigenvalue weighted by atomic mass is 15.0. The van der Waals surface area contributed by atoms with Crippen LogP contribution in [0.5, 0.6) is 0 Å². The minimum Gasteiger partial charge on any atom is -0.308 e. The summed E-state index contributed by atoms with van der Waals surface area (Å²) in [4.78, 5) is 4.64. The van der Waals surface area contributed by atoms with E-state index in [-0.39, 0.29) is 5.41 Å². The predicted molar refractivity (Wildman–Crippen MR) is 203 cm³/mol. The summed E-state index contributed by atoms with van der Waals surface area (Å²) in [6.45, 7) is 4.71. The predicted octanol–water partition coefficient (Wildman–Crippen LogP) is 12.2. The summed E-state index contributed by atoms with van der Waals surface area (Å²) in [6, 6.07) is 49.9. The van der Waals surface area contributed by atoms with Gasteiger partial charge in [-0.1, -0.05) is 117 Å². The van der Waals surface area contributed by atoms with Gasteiger partial charge in [0.05, 0.1) is 17.2 Å². The molecule has 0 atom stereocenters. The molecule has 10 aromatic rings. The summed E-state index contributed by atoms with van der Waals surface area (Å²) in [5.41, 5.74) is 11.4. The van der Waals surface area contributed by atoms with Crippen molar-refractivity contribution < 1.29 is 0 Å². The Labute approximate surface area is 277 Å². The second-order valence-corrected chi connectivity index (χ2v) is 14.0. The van der Waals surface area contributed by atoms with E-state index in [1.54, 1.807) is 0 Å². The second-order valence-electron chi connectivity index (χ2n) is 14.0.